The lowest BCUT2D eigenvalue weighted by Gasteiger charge is -2.20. The van der Waals surface area contributed by atoms with Gasteiger partial charge in [0.05, 0.1) is 17.6 Å². The van der Waals surface area contributed by atoms with Crippen molar-refractivity contribution in [2.45, 2.75) is 20.3 Å². The highest BCUT2D eigenvalue weighted by Crippen LogP contribution is 2.32. The Morgan fingerprint density at radius 1 is 1.00 bits per heavy atom. The molecule has 7 heteroatoms. The van der Waals surface area contributed by atoms with Gasteiger partial charge in [-0.1, -0.05) is 24.6 Å². The zero-order valence-electron chi connectivity index (χ0n) is 16.3. The first-order chi connectivity index (χ1) is 14.2. The standard InChI is InChI=1S/C22H20N4O3/c1-3-20-24-21-17(13-23-26(21)15-6-4-14(2)5-7-15)22(27)25(20)16-8-9-18-19(12-16)29-11-10-28-18/h4-9,12-13H,3,10-11H2,1-2H3. The second-order valence-corrected chi connectivity index (χ2v) is 6.98. The van der Waals surface area contributed by atoms with Crippen LogP contribution >= 0.6 is 0 Å². The lowest BCUT2D eigenvalue weighted by molar-refractivity contribution is 0.171. The zero-order chi connectivity index (χ0) is 20.0. The van der Waals surface area contributed by atoms with E-state index in [2.05, 4.69) is 5.10 Å². The second-order valence-electron chi connectivity index (χ2n) is 6.98. The molecule has 29 heavy (non-hydrogen) atoms. The number of nitrogens with zero attached hydrogens (tertiary/aromatic N) is 4. The lowest BCUT2D eigenvalue weighted by Crippen LogP contribution is -2.24. The molecule has 7 nitrogen and oxygen atoms in total. The molecule has 2 aromatic heterocycles. The maximum absolute atomic E-state index is 13.4. The van der Waals surface area contributed by atoms with Gasteiger partial charge in [0.2, 0.25) is 0 Å². The first-order valence-corrected chi connectivity index (χ1v) is 9.62. The number of rotatable bonds is 3. The summed E-state index contributed by atoms with van der Waals surface area (Å²) in [5.41, 5.74) is 3.14. The Balaban J connectivity index is 1.70. The first kappa shape index (κ1) is 17.5. The van der Waals surface area contributed by atoms with Crippen LogP contribution in [0.2, 0.25) is 0 Å². The molecule has 0 saturated heterocycles. The summed E-state index contributed by atoms with van der Waals surface area (Å²) >= 11 is 0. The largest absolute Gasteiger partial charge is 0.486 e. The molecule has 0 aliphatic carbocycles. The van der Waals surface area contributed by atoms with E-state index in [0.717, 1.165) is 11.3 Å². The highest BCUT2D eigenvalue weighted by molar-refractivity contribution is 5.76. The Morgan fingerprint density at radius 3 is 2.48 bits per heavy atom. The van der Waals surface area contributed by atoms with Gasteiger partial charge in [0.25, 0.3) is 5.56 Å². The zero-order valence-corrected chi connectivity index (χ0v) is 16.3. The van der Waals surface area contributed by atoms with Crippen LogP contribution in [0.4, 0.5) is 0 Å². The van der Waals surface area contributed by atoms with Crippen molar-refractivity contribution in [1.29, 1.82) is 0 Å². The second kappa shape index (κ2) is 6.77. The molecule has 1 aliphatic rings. The molecule has 1 aliphatic heterocycles. The molecular weight excluding hydrogens is 368 g/mol. The maximum atomic E-state index is 13.4. The minimum Gasteiger partial charge on any atom is -0.486 e. The molecule has 146 valence electrons. The smallest absolute Gasteiger partial charge is 0.269 e. The van der Waals surface area contributed by atoms with Crippen molar-refractivity contribution >= 4 is 11.0 Å². The molecule has 0 radical (unpaired) electrons. The predicted octanol–water partition coefficient (Wildman–Crippen LogP) is 3.21. The quantitative estimate of drug-likeness (QED) is 0.539. The van der Waals surface area contributed by atoms with Crippen LogP contribution in [0.3, 0.4) is 0 Å². The van der Waals surface area contributed by atoms with E-state index in [-0.39, 0.29) is 5.56 Å². The van der Waals surface area contributed by atoms with Crippen LogP contribution in [0.15, 0.2) is 53.5 Å². The normalized spacial score (nSPS) is 13.0. The summed E-state index contributed by atoms with van der Waals surface area (Å²) in [5.74, 6) is 1.98. The summed E-state index contributed by atoms with van der Waals surface area (Å²) in [6.45, 7) is 5.03. The van der Waals surface area contributed by atoms with E-state index >= 15 is 0 Å². The molecular formula is C22H20N4O3. The Kier molecular flexibility index (Phi) is 4.08. The fourth-order valence-corrected chi connectivity index (χ4v) is 3.56. The molecule has 0 amide bonds. The number of benzene rings is 2. The third-order valence-corrected chi connectivity index (χ3v) is 5.05. The van der Waals surface area contributed by atoms with Gasteiger partial charge in [-0.25, -0.2) is 9.67 Å². The summed E-state index contributed by atoms with van der Waals surface area (Å²) in [6.07, 6.45) is 2.18. The Morgan fingerprint density at radius 2 is 1.72 bits per heavy atom. The Hall–Kier alpha value is -3.61. The summed E-state index contributed by atoms with van der Waals surface area (Å²) in [4.78, 5) is 18.2. The van der Waals surface area contributed by atoms with Crippen LogP contribution in [0.25, 0.3) is 22.4 Å². The van der Waals surface area contributed by atoms with Crippen molar-refractivity contribution < 1.29 is 9.47 Å². The van der Waals surface area contributed by atoms with Crippen LogP contribution in [-0.4, -0.2) is 32.5 Å². The minimum atomic E-state index is -0.151. The van der Waals surface area contributed by atoms with Crippen molar-refractivity contribution in [2.75, 3.05) is 13.2 Å². The molecule has 4 aromatic rings. The van der Waals surface area contributed by atoms with Crippen LogP contribution in [0.5, 0.6) is 11.5 Å². The van der Waals surface area contributed by atoms with Crippen molar-refractivity contribution in [2.24, 2.45) is 0 Å². The van der Waals surface area contributed by atoms with E-state index in [0.29, 0.717) is 53.7 Å². The number of aromatic nitrogens is 4. The molecule has 0 N–H and O–H groups in total. The van der Waals surface area contributed by atoms with Gasteiger partial charge in [0.15, 0.2) is 17.1 Å². The van der Waals surface area contributed by atoms with Crippen LogP contribution in [0, 0.1) is 6.92 Å². The Bertz CT molecular complexity index is 1270. The number of hydrogen-bond acceptors (Lipinski definition) is 5. The average Bonchev–Trinajstić information content (AvgIpc) is 3.18. The molecule has 0 fully saturated rings. The van der Waals surface area contributed by atoms with Gasteiger partial charge in [-0.2, -0.15) is 5.10 Å². The highest BCUT2D eigenvalue weighted by atomic mass is 16.6. The van der Waals surface area contributed by atoms with E-state index in [9.17, 15) is 4.79 Å². The van der Waals surface area contributed by atoms with Gasteiger partial charge < -0.3 is 9.47 Å². The monoisotopic (exact) mass is 388 g/mol. The molecule has 3 heterocycles. The van der Waals surface area contributed by atoms with E-state index < -0.39 is 0 Å². The van der Waals surface area contributed by atoms with Crippen LogP contribution in [-0.2, 0) is 6.42 Å². The molecule has 0 saturated carbocycles. The van der Waals surface area contributed by atoms with Gasteiger partial charge in [-0.3, -0.25) is 9.36 Å². The van der Waals surface area contributed by atoms with Gasteiger partial charge in [-0.15, -0.1) is 0 Å². The molecule has 0 atom stereocenters. The topological polar surface area (TPSA) is 71.2 Å². The first-order valence-electron chi connectivity index (χ1n) is 9.62. The summed E-state index contributed by atoms with van der Waals surface area (Å²) in [5, 5.41) is 4.90. The fourth-order valence-electron chi connectivity index (χ4n) is 3.56. The Labute approximate surface area is 167 Å². The highest BCUT2D eigenvalue weighted by Gasteiger charge is 2.19. The van der Waals surface area contributed by atoms with Crippen molar-refractivity contribution in [3.8, 4) is 22.9 Å². The van der Waals surface area contributed by atoms with Gasteiger partial charge >= 0.3 is 0 Å². The van der Waals surface area contributed by atoms with E-state index in [4.69, 9.17) is 14.5 Å². The van der Waals surface area contributed by atoms with E-state index in [1.165, 1.54) is 0 Å². The van der Waals surface area contributed by atoms with E-state index in [1.54, 1.807) is 15.4 Å². The van der Waals surface area contributed by atoms with Crippen molar-refractivity contribution in [3.63, 3.8) is 0 Å². The van der Waals surface area contributed by atoms with Crippen LogP contribution < -0.4 is 15.0 Å². The van der Waals surface area contributed by atoms with Gasteiger partial charge in [0, 0.05) is 12.5 Å². The molecule has 0 bridgehead atoms. The molecule has 5 rings (SSSR count). The van der Waals surface area contributed by atoms with Gasteiger partial charge in [0.1, 0.15) is 24.4 Å². The number of aryl methyl sites for hydroxylation is 2. The summed E-state index contributed by atoms with van der Waals surface area (Å²) in [6, 6.07) is 13.5. The molecule has 0 unspecified atom stereocenters. The predicted molar refractivity (Wildman–Crippen MR) is 110 cm³/mol. The molecule has 2 aromatic carbocycles. The summed E-state index contributed by atoms with van der Waals surface area (Å²) < 4.78 is 14.6. The SMILES string of the molecule is CCc1nc2c(cnn2-c2ccc(C)cc2)c(=O)n1-c1ccc2c(c1)OCCO2. The van der Waals surface area contributed by atoms with E-state index in [1.807, 2.05) is 56.3 Å². The average molecular weight is 388 g/mol. The lowest BCUT2D eigenvalue weighted by atomic mass is 10.2. The van der Waals surface area contributed by atoms with Crippen molar-refractivity contribution in [3.05, 3.63) is 70.4 Å². The third-order valence-electron chi connectivity index (χ3n) is 5.05. The van der Waals surface area contributed by atoms with Crippen LogP contribution in [0.1, 0.15) is 18.3 Å². The maximum Gasteiger partial charge on any atom is 0.269 e. The number of fused-ring (bicyclic) bond motifs is 2. The minimum absolute atomic E-state index is 0.151. The molecule has 0 spiro atoms. The summed E-state index contributed by atoms with van der Waals surface area (Å²) in [7, 11) is 0. The van der Waals surface area contributed by atoms with Gasteiger partial charge in [-0.05, 0) is 31.2 Å². The number of hydrogen-bond donors (Lipinski definition) is 0. The number of ether oxygens (including phenoxy) is 2. The third kappa shape index (κ3) is 2.86. The fraction of sp³-hybridized carbons (Fsp3) is 0.227. The van der Waals surface area contributed by atoms with Crippen molar-refractivity contribution in [1.82, 2.24) is 19.3 Å².